The Bertz CT molecular complexity index is 418. The van der Waals surface area contributed by atoms with Crippen LogP contribution >= 0.6 is 0 Å². The minimum absolute atomic E-state index is 0.362. The minimum atomic E-state index is -0.626. The smallest absolute Gasteiger partial charge is 0.336 e. The number of hydrogen-bond acceptors (Lipinski definition) is 3. The van der Waals surface area contributed by atoms with Gasteiger partial charge >= 0.3 is 5.97 Å². The van der Waals surface area contributed by atoms with E-state index in [0.29, 0.717) is 17.2 Å². The van der Waals surface area contributed by atoms with Crippen molar-refractivity contribution in [3.8, 4) is 5.75 Å². The lowest BCUT2D eigenvalue weighted by molar-refractivity contribution is -0.156. The normalized spacial score (nSPS) is 12.1. The van der Waals surface area contributed by atoms with Crippen LogP contribution in [0.3, 0.4) is 0 Å². The van der Waals surface area contributed by atoms with Gasteiger partial charge in [-0.05, 0) is 30.5 Å². The highest BCUT2D eigenvalue weighted by molar-refractivity contribution is 5.86. The van der Waals surface area contributed by atoms with E-state index in [1.807, 2.05) is 24.3 Å². The number of hydrogen-bond donors (Lipinski definition) is 0. The van der Waals surface area contributed by atoms with E-state index in [4.69, 9.17) is 9.47 Å². The molecule has 0 radical (unpaired) electrons. The Morgan fingerprint density at radius 2 is 1.72 bits per heavy atom. The molecule has 3 nitrogen and oxygen atoms in total. The number of esters is 1. The van der Waals surface area contributed by atoms with E-state index in [9.17, 15) is 4.79 Å². The summed E-state index contributed by atoms with van der Waals surface area (Å²) >= 11 is 0. The van der Waals surface area contributed by atoms with Crippen molar-refractivity contribution in [3.63, 3.8) is 0 Å². The van der Waals surface area contributed by atoms with Gasteiger partial charge in [-0.25, -0.2) is 4.79 Å². The van der Waals surface area contributed by atoms with Crippen LogP contribution in [0.15, 0.2) is 36.4 Å². The molecule has 0 aromatic heterocycles. The Hall–Kier alpha value is -1.77. The fraction of sp³-hybridized carbons (Fsp3) is 0.400. The molecular weight excluding hydrogens is 228 g/mol. The molecule has 0 saturated carbocycles. The van der Waals surface area contributed by atoms with Crippen molar-refractivity contribution in [3.05, 3.63) is 42.0 Å². The second kappa shape index (κ2) is 6.24. The fourth-order valence-electron chi connectivity index (χ4n) is 1.40. The molecule has 1 unspecified atom stereocenters. The third-order valence-electron chi connectivity index (χ3n) is 2.47. The molecule has 0 aliphatic carbocycles. The predicted molar refractivity (Wildman–Crippen MR) is 71.5 cm³/mol. The highest BCUT2D eigenvalue weighted by Crippen LogP contribution is 2.19. The summed E-state index contributed by atoms with van der Waals surface area (Å²) in [4.78, 5) is 11.3. The first-order valence-electron chi connectivity index (χ1n) is 6.03. The van der Waals surface area contributed by atoms with Crippen LogP contribution in [-0.2, 0) is 9.53 Å². The molecule has 0 aliphatic rings. The van der Waals surface area contributed by atoms with E-state index in [1.54, 1.807) is 13.8 Å². The zero-order valence-electron chi connectivity index (χ0n) is 11.4. The summed E-state index contributed by atoms with van der Waals surface area (Å²) in [5.41, 5.74) is 1.61. The molecule has 18 heavy (non-hydrogen) atoms. The van der Waals surface area contributed by atoms with Gasteiger partial charge in [0.2, 0.25) is 6.29 Å². The second-order valence-corrected chi connectivity index (χ2v) is 4.59. The first-order chi connectivity index (χ1) is 8.40. The zero-order chi connectivity index (χ0) is 13.7. The van der Waals surface area contributed by atoms with E-state index in [-0.39, 0.29) is 0 Å². The Balaban J connectivity index is 2.57. The van der Waals surface area contributed by atoms with Gasteiger partial charge in [0.25, 0.3) is 0 Å². The Labute approximate surface area is 108 Å². The maximum absolute atomic E-state index is 11.3. The molecule has 1 rings (SSSR count). The summed E-state index contributed by atoms with van der Waals surface area (Å²) in [5.74, 6) is 0.723. The number of carbonyl (C=O) groups is 1. The van der Waals surface area contributed by atoms with Crippen molar-refractivity contribution in [2.45, 2.75) is 39.9 Å². The van der Waals surface area contributed by atoms with Crippen molar-refractivity contribution >= 4 is 5.97 Å². The summed E-state index contributed by atoms with van der Waals surface area (Å²) in [6, 6.07) is 7.77. The van der Waals surface area contributed by atoms with Crippen LogP contribution in [0.5, 0.6) is 5.75 Å². The summed E-state index contributed by atoms with van der Waals surface area (Å²) < 4.78 is 10.5. The molecule has 0 bridgehead atoms. The fourth-order valence-corrected chi connectivity index (χ4v) is 1.40. The van der Waals surface area contributed by atoms with E-state index in [2.05, 4.69) is 20.4 Å². The highest BCUT2D eigenvalue weighted by Gasteiger charge is 2.11. The quantitative estimate of drug-likeness (QED) is 0.453. The molecule has 1 aromatic rings. The van der Waals surface area contributed by atoms with E-state index in [1.165, 1.54) is 5.56 Å². The van der Waals surface area contributed by atoms with Crippen molar-refractivity contribution in [1.29, 1.82) is 0 Å². The lowest BCUT2D eigenvalue weighted by Gasteiger charge is -2.16. The SMILES string of the molecule is C=C(C)C(=O)OC(C)Oc1ccc(C(C)C)cc1. The third kappa shape index (κ3) is 4.24. The van der Waals surface area contributed by atoms with Gasteiger partial charge in [0.05, 0.1) is 0 Å². The maximum Gasteiger partial charge on any atom is 0.336 e. The number of ether oxygens (including phenoxy) is 2. The van der Waals surface area contributed by atoms with Crippen LogP contribution < -0.4 is 4.74 Å². The van der Waals surface area contributed by atoms with Crippen LogP contribution in [0, 0.1) is 0 Å². The van der Waals surface area contributed by atoms with E-state index in [0.717, 1.165) is 0 Å². The third-order valence-corrected chi connectivity index (χ3v) is 2.47. The van der Waals surface area contributed by atoms with Gasteiger partial charge in [0.1, 0.15) is 5.75 Å². The highest BCUT2D eigenvalue weighted by atomic mass is 16.7. The van der Waals surface area contributed by atoms with Gasteiger partial charge in [0, 0.05) is 12.5 Å². The average Bonchev–Trinajstić information content (AvgIpc) is 2.29. The molecule has 0 heterocycles. The Morgan fingerprint density at radius 1 is 1.17 bits per heavy atom. The molecule has 0 amide bonds. The maximum atomic E-state index is 11.3. The van der Waals surface area contributed by atoms with Crippen LogP contribution in [0.2, 0.25) is 0 Å². The van der Waals surface area contributed by atoms with Crippen LogP contribution in [-0.4, -0.2) is 12.3 Å². The standard InChI is InChI=1S/C15H20O3/c1-10(2)13-6-8-14(9-7-13)17-12(5)18-15(16)11(3)4/h6-10,12H,3H2,1-2,4-5H3. The molecule has 1 atom stereocenters. The van der Waals surface area contributed by atoms with Crippen molar-refractivity contribution in [1.82, 2.24) is 0 Å². The average molecular weight is 248 g/mol. The molecule has 0 spiro atoms. The molecule has 0 aliphatic heterocycles. The lowest BCUT2D eigenvalue weighted by Crippen LogP contribution is -2.21. The molecule has 3 heteroatoms. The Morgan fingerprint density at radius 3 is 2.17 bits per heavy atom. The number of benzene rings is 1. The van der Waals surface area contributed by atoms with Gasteiger partial charge in [-0.3, -0.25) is 0 Å². The van der Waals surface area contributed by atoms with E-state index < -0.39 is 12.3 Å². The van der Waals surface area contributed by atoms with Gasteiger partial charge in [-0.1, -0.05) is 32.6 Å². The number of carbonyl (C=O) groups excluding carboxylic acids is 1. The predicted octanol–water partition coefficient (Wildman–Crippen LogP) is 3.65. The molecular formula is C15H20O3. The lowest BCUT2D eigenvalue weighted by atomic mass is 10.0. The largest absolute Gasteiger partial charge is 0.455 e. The van der Waals surface area contributed by atoms with Crippen LogP contribution in [0.4, 0.5) is 0 Å². The molecule has 0 fully saturated rings. The summed E-state index contributed by atoms with van der Waals surface area (Å²) in [6.45, 7) is 11.1. The first kappa shape index (κ1) is 14.3. The second-order valence-electron chi connectivity index (χ2n) is 4.59. The molecule has 98 valence electrons. The zero-order valence-corrected chi connectivity index (χ0v) is 11.4. The summed E-state index contributed by atoms with van der Waals surface area (Å²) in [5, 5.41) is 0. The molecule has 1 aromatic carbocycles. The Kier molecular flexibility index (Phi) is 4.95. The van der Waals surface area contributed by atoms with Crippen LogP contribution in [0.1, 0.15) is 39.2 Å². The molecule has 0 N–H and O–H groups in total. The number of rotatable bonds is 5. The van der Waals surface area contributed by atoms with Gasteiger partial charge in [-0.15, -0.1) is 0 Å². The van der Waals surface area contributed by atoms with Gasteiger partial charge in [-0.2, -0.15) is 0 Å². The van der Waals surface area contributed by atoms with Crippen LogP contribution in [0.25, 0.3) is 0 Å². The van der Waals surface area contributed by atoms with E-state index >= 15 is 0 Å². The molecule has 0 saturated heterocycles. The van der Waals surface area contributed by atoms with Crippen molar-refractivity contribution in [2.75, 3.05) is 0 Å². The summed E-state index contributed by atoms with van der Waals surface area (Å²) in [6.07, 6.45) is -0.626. The minimum Gasteiger partial charge on any atom is -0.455 e. The first-order valence-corrected chi connectivity index (χ1v) is 6.03. The topological polar surface area (TPSA) is 35.5 Å². The van der Waals surface area contributed by atoms with Gasteiger partial charge < -0.3 is 9.47 Å². The monoisotopic (exact) mass is 248 g/mol. The van der Waals surface area contributed by atoms with Crippen molar-refractivity contribution in [2.24, 2.45) is 0 Å². The van der Waals surface area contributed by atoms with Crippen molar-refractivity contribution < 1.29 is 14.3 Å². The van der Waals surface area contributed by atoms with Gasteiger partial charge in [0.15, 0.2) is 0 Å². The summed E-state index contributed by atoms with van der Waals surface area (Å²) in [7, 11) is 0.